The van der Waals surface area contributed by atoms with E-state index in [2.05, 4.69) is 0 Å². The standard InChI is InChI=1S/C19H17NO5/c1-23-18-13(22)3-2-10-6-12-15-11(4-5-20(12)8-21)7-14-19(25-9-24-14)17(15)16(10)18/h2-3,7-8,12,22H,4-6,9H2,1H3. The zero-order valence-electron chi connectivity index (χ0n) is 13.7. The molecule has 25 heavy (non-hydrogen) atoms. The molecule has 0 saturated carbocycles. The maximum atomic E-state index is 11.6. The molecule has 6 heteroatoms. The number of benzene rings is 2. The van der Waals surface area contributed by atoms with Crippen LogP contribution in [0, 0.1) is 0 Å². The van der Waals surface area contributed by atoms with E-state index in [9.17, 15) is 9.90 Å². The van der Waals surface area contributed by atoms with Crippen molar-refractivity contribution in [2.24, 2.45) is 0 Å². The van der Waals surface area contributed by atoms with Gasteiger partial charge in [0.2, 0.25) is 13.2 Å². The number of nitrogens with zero attached hydrogens (tertiary/aromatic N) is 1. The Bertz CT molecular complexity index is 907. The van der Waals surface area contributed by atoms with Crippen molar-refractivity contribution in [3.8, 4) is 34.1 Å². The molecular weight excluding hydrogens is 322 g/mol. The molecule has 1 N–H and O–H groups in total. The van der Waals surface area contributed by atoms with Crippen molar-refractivity contribution in [2.45, 2.75) is 18.9 Å². The minimum atomic E-state index is -0.0347. The van der Waals surface area contributed by atoms with Gasteiger partial charge in [0.15, 0.2) is 23.0 Å². The highest BCUT2D eigenvalue weighted by Crippen LogP contribution is 2.57. The number of ether oxygens (including phenoxy) is 3. The number of fused-ring (bicyclic) bond motifs is 4. The molecule has 0 fully saturated rings. The van der Waals surface area contributed by atoms with E-state index in [1.807, 2.05) is 17.0 Å². The summed E-state index contributed by atoms with van der Waals surface area (Å²) in [5, 5.41) is 10.3. The predicted octanol–water partition coefficient (Wildman–Crippen LogP) is 2.41. The molecule has 1 unspecified atom stereocenters. The van der Waals surface area contributed by atoms with Gasteiger partial charge in [-0.15, -0.1) is 0 Å². The molecule has 2 heterocycles. The van der Waals surface area contributed by atoms with Gasteiger partial charge >= 0.3 is 0 Å². The van der Waals surface area contributed by atoms with Crippen molar-refractivity contribution in [1.29, 1.82) is 0 Å². The Morgan fingerprint density at radius 3 is 2.96 bits per heavy atom. The summed E-state index contributed by atoms with van der Waals surface area (Å²) in [4.78, 5) is 13.4. The summed E-state index contributed by atoms with van der Waals surface area (Å²) in [5.41, 5.74) is 4.99. The fourth-order valence-corrected chi connectivity index (χ4v) is 4.33. The second-order valence-corrected chi connectivity index (χ2v) is 6.52. The van der Waals surface area contributed by atoms with Crippen LogP contribution in [0.3, 0.4) is 0 Å². The molecule has 1 atom stereocenters. The lowest BCUT2D eigenvalue weighted by Crippen LogP contribution is -2.37. The van der Waals surface area contributed by atoms with E-state index in [-0.39, 0.29) is 18.6 Å². The lowest BCUT2D eigenvalue weighted by molar-refractivity contribution is -0.120. The van der Waals surface area contributed by atoms with Crippen LogP contribution < -0.4 is 14.2 Å². The van der Waals surface area contributed by atoms with Gasteiger partial charge in [-0.05, 0) is 41.7 Å². The number of phenolic OH excluding ortho intramolecular Hbond substituents is 1. The summed E-state index contributed by atoms with van der Waals surface area (Å²) in [6.45, 7) is 0.856. The number of phenols is 1. The molecule has 6 nitrogen and oxygen atoms in total. The quantitative estimate of drug-likeness (QED) is 0.851. The highest BCUT2D eigenvalue weighted by molar-refractivity contribution is 5.89. The molecule has 0 aromatic heterocycles. The number of carbonyl (C=O) groups is 1. The third-order valence-electron chi connectivity index (χ3n) is 5.39. The van der Waals surface area contributed by atoms with Crippen LogP contribution in [0.15, 0.2) is 18.2 Å². The summed E-state index contributed by atoms with van der Waals surface area (Å²) >= 11 is 0. The zero-order valence-corrected chi connectivity index (χ0v) is 13.7. The molecular formula is C19H17NO5. The monoisotopic (exact) mass is 339 g/mol. The minimum absolute atomic E-state index is 0.0347. The van der Waals surface area contributed by atoms with Gasteiger partial charge < -0.3 is 24.2 Å². The molecule has 3 aliphatic rings. The van der Waals surface area contributed by atoms with Gasteiger partial charge in [-0.3, -0.25) is 4.79 Å². The maximum absolute atomic E-state index is 11.6. The summed E-state index contributed by atoms with van der Waals surface area (Å²) in [5.74, 6) is 1.91. The first-order valence-electron chi connectivity index (χ1n) is 8.28. The second-order valence-electron chi connectivity index (χ2n) is 6.52. The van der Waals surface area contributed by atoms with Crippen LogP contribution in [0.2, 0.25) is 0 Å². The minimum Gasteiger partial charge on any atom is -0.504 e. The van der Waals surface area contributed by atoms with E-state index in [0.717, 1.165) is 35.1 Å². The van der Waals surface area contributed by atoms with Crippen LogP contribution in [-0.2, 0) is 17.6 Å². The van der Waals surface area contributed by atoms with Crippen LogP contribution in [-0.4, -0.2) is 36.9 Å². The molecule has 0 radical (unpaired) electrons. The Morgan fingerprint density at radius 2 is 2.16 bits per heavy atom. The summed E-state index contributed by atoms with van der Waals surface area (Å²) in [7, 11) is 1.55. The molecule has 128 valence electrons. The largest absolute Gasteiger partial charge is 0.504 e. The summed E-state index contributed by atoms with van der Waals surface area (Å²) in [6.07, 6.45) is 2.37. The number of carbonyl (C=O) groups excluding carboxylic acids is 1. The number of amides is 1. The highest BCUT2D eigenvalue weighted by atomic mass is 16.7. The molecule has 2 aromatic carbocycles. The number of rotatable bonds is 2. The van der Waals surface area contributed by atoms with E-state index < -0.39 is 0 Å². The zero-order chi connectivity index (χ0) is 17.1. The number of aromatic hydroxyl groups is 1. The number of methoxy groups -OCH3 is 1. The van der Waals surface area contributed by atoms with Gasteiger partial charge in [0.05, 0.1) is 13.2 Å². The molecule has 1 amide bonds. The lowest BCUT2D eigenvalue weighted by atomic mass is 9.76. The predicted molar refractivity (Wildman–Crippen MR) is 89.1 cm³/mol. The normalized spacial score (nSPS) is 19.2. The van der Waals surface area contributed by atoms with Gasteiger partial charge in [0.25, 0.3) is 0 Å². The van der Waals surface area contributed by atoms with Crippen LogP contribution >= 0.6 is 0 Å². The fourth-order valence-electron chi connectivity index (χ4n) is 4.33. The first-order valence-corrected chi connectivity index (χ1v) is 8.28. The highest BCUT2D eigenvalue weighted by Gasteiger charge is 2.40. The molecule has 0 spiro atoms. The average Bonchev–Trinajstić information content (AvgIpc) is 3.10. The van der Waals surface area contributed by atoms with Crippen molar-refractivity contribution >= 4 is 6.41 Å². The third-order valence-corrected chi connectivity index (χ3v) is 5.39. The molecule has 0 saturated heterocycles. The first kappa shape index (κ1) is 14.5. The molecule has 5 rings (SSSR count). The van der Waals surface area contributed by atoms with Crippen LogP contribution in [0.5, 0.6) is 23.0 Å². The fraction of sp³-hybridized carbons (Fsp3) is 0.316. The van der Waals surface area contributed by atoms with Crippen LogP contribution in [0.1, 0.15) is 22.7 Å². The molecule has 0 bridgehead atoms. The van der Waals surface area contributed by atoms with Gasteiger partial charge in [-0.25, -0.2) is 0 Å². The maximum Gasteiger partial charge on any atom is 0.231 e. The van der Waals surface area contributed by atoms with Crippen molar-refractivity contribution in [2.75, 3.05) is 20.4 Å². The van der Waals surface area contributed by atoms with E-state index in [4.69, 9.17) is 14.2 Å². The molecule has 1 aliphatic carbocycles. The van der Waals surface area contributed by atoms with E-state index >= 15 is 0 Å². The Kier molecular flexibility index (Phi) is 2.92. The van der Waals surface area contributed by atoms with Crippen molar-refractivity contribution in [3.05, 3.63) is 34.9 Å². The Morgan fingerprint density at radius 1 is 1.28 bits per heavy atom. The Hall–Kier alpha value is -2.89. The second kappa shape index (κ2) is 5.05. The summed E-state index contributed by atoms with van der Waals surface area (Å²) < 4.78 is 16.9. The summed E-state index contributed by atoms with van der Waals surface area (Å²) in [6, 6.07) is 5.52. The van der Waals surface area contributed by atoms with E-state index in [0.29, 0.717) is 30.2 Å². The molecule has 2 aliphatic heterocycles. The van der Waals surface area contributed by atoms with Crippen molar-refractivity contribution in [3.63, 3.8) is 0 Å². The smallest absolute Gasteiger partial charge is 0.231 e. The third kappa shape index (κ3) is 1.82. The topological polar surface area (TPSA) is 68.2 Å². The van der Waals surface area contributed by atoms with Crippen molar-refractivity contribution in [1.82, 2.24) is 4.90 Å². The Labute approximate surface area is 144 Å². The van der Waals surface area contributed by atoms with Gasteiger partial charge in [-0.1, -0.05) is 6.07 Å². The van der Waals surface area contributed by atoms with Crippen LogP contribution in [0.4, 0.5) is 0 Å². The van der Waals surface area contributed by atoms with Crippen LogP contribution in [0.25, 0.3) is 11.1 Å². The van der Waals surface area contributed by atoms with E-state index in [1.54, 1.807) is 13.2 Å². The number of hydrogen-bond donors (Lipinski definition) is 1. The van der Waals surface area contributed by atoms with Gasteiger partial charge in [-0.2, -0.15) is 0 Å². The Balaban J connectivity index is 1.89. The first-order chi connectivity index (χ1) is 12.2. The van der Waals surface area contributed by atoms with E-state index in [1.165, 1.54) is 5.56 Å². The number of hydrogen-bond acceptors (Lipinski definition) is 5. The van der Waals surface area contributed by atoms with Gasteiger partial charge in [0, 0.05) is 17.7 Å². The average molecular weight is 339 g/mol. The van der Waals surface area contributed by atoms with Crippen molar-refractivity contribution < 1.29 is 24.1 Å². The van der Waals surface area contributed by atoms with Gasteiger partial charge in [0.1, 0.15) is 0 Å². The SMILES string of the molecule is COc1c(O)ccc2c1-c1c3c(cc4c1C(C2)N(C=O)CC4)OCO3. The lowest BCUT2D eigenvalue weighted by Gasteiger charge is -2.40. The molecule has 2 aromatic rings.